The maximum Gasteiger partial charge on any atom is 0.105 e. The van der Waals surface area contributed by atoms with E-state index in [0.29, 0.717) is 12.0 Å². The zero-order valence-corrected chi connectivity index (χ0v) is 11.3. The SMILES string of the molecule is CCCNC(CC(C)C)c1cc(C)oc1C. The van der Waals surface area contributed by atoms with Crippen LogP contribution in [0.5, 0.6) is 0 Å². The Balaban J connectivity index is 2.78. The zero-order valence-electron chi connectivity index (χ0n) is 11.3. The van der Waals surface area contributed by atoms with E-state index < -0.39 is 0 Å². The molecule has 0 spiro atoms. The molecule has 0 fully saturated rings. The molecule has 0 saturated carbocycles. The lowest BCUT2D eigenvalue weighted by Gasteiger charge is -2.20. The van der Waals surface area contributed by atoms with Crippen LogP contribution < -0.4 is 5.32 Å². The molecule has 0 aliphatic heterocycles. The van der Waals surface area contributed by atoms with Crippen molar-refractivity contribution < 1.29 is 4.42 Å². The molecule has 0 saturated heterocycles. The third-order valence-corrected chi connectivity index (χ3v) is 2.80. The molecule has 92 valence electrons. The van der Waals surface area contributed by atoms with E-state index in [0.717, 1.165) is 18.1 Å². The van der Waals surface area contributed by atoms with E-state index in [2.05, 4.69) is 39.1 Å². The van der Waals surface area contributed by atoms with Gasteiger partial charge in [-0.25, -0.2) is 0 Å². The van der Waals surface area contributed by atoms with Gasteiger partial charge in [0.15, 0.2) is 0 Å². The van der Waals surface area contributed by atoms with E-state index in [1.165, 1.54) is 18.4 Å². The highest BCUT2D eigenvalue weighted by Crippen LogP contribution is 2.26. The fourth-order valence-corrected chi connectivity index (χ4v) is 2.11. The molecule has 1 atom stereocenters. The summed E-state index contributed by atoms with van der Waals surface area (Å²) in [5, 5.41) is 3.61. The first kappa shape index (κ1) is 13.3. The van der Waals surface area contributed by atoms with Gasteiger partial charge in [0.05, 0.1) is 0 Å². The molecule has 1 aromatic rings. The van der Waals surface area contributed by atoms with Gasteiger partial charge < -0.3 is 9.73 Å². The first-order chi connectivity index (χ1) is 7.54. The van der Waals surface area contributed by atoms with E-state index >= 15 is 0 Å². The molecule has 0 radical (unpaired) electrons. The van der Waals surface area contributed by atoms with Crippen molar-refractivity contribution in [2.45, 2.75) is 53.5 Å². The summed E-state index contributed by atoms with van der Waals surface area (Å²) in [6.07, 6.45) is 2.34. The molecule has 1 N–H and O–H groups in total. The van der Waals surface area contributed by atoms with Crippen molar-refractivity contribution in [3.05, 3.63) is 23.2 Å². The number of hydrogen-bond donors (Lipinski definition) is 1. The van der Waals surface area contributed by atoms with E-state index in [-0.39, 0.29) is 0 Å². The minimum Gasteiger partial charge on any atom is -0.466 e. The molecule has 1 rings (SSSR count). The quantitative estimate of drug-likeness (QED) is 0.789. The van der Waals surface area contributed by atoms with Crippen molar-refractivity contribution in [1.82, 2.24) is 5.32 Å². The Morgan fingerprint density at radius 2 is 2.00 bits per heavy atom. The van der Waals surface area contributed by atoms with Crippen molar-refractivity contribution in [3.63, 3.8) is 0 Å². The Morgan fingerprint density at radius 1 is 1.31 bits per heavy atom. The molecule has 1 heterocycles. The summed E-state index contributed by atoms with van der Waals surface area (Å²) < 4.78 is 5.62. The van der Waals surface area contributed by atoms with Crippen LogP contribution in [0.15, 0.2) is 10.5 Å². The number of rotatable bonds is 6. The normalized spacial score (nSPS) is 13.4. The topological polar surface area (TPSA) is 25.2 Å². The predicted molar refractivity (Wildman–Crippen MR) is 68.7 cm³/mol. The Kier molecular flexibility index (Phi) is 5.07. The van der Waals surface area contributed by atoms with Gasteiger partial charge in [0.2, 0.25) is 0 Å². The molecule has 2 nitrogen and oxygen atoms in total. The van der Waals surface area contributed by atoms with Crippen LogP contribution in [-0.2, 0) is 0 Å². The van der Waals surface area contributed by atoms with Gasteiger partial charge >= 0.3 is 0 Å². The lowest BCUT2D eigenvalue weighted by Crippen LogP contribution is -2.23. The summed E-state index contributed by atoms with van der Waals surface area (Å²) >= 11 is 0. The predicted octanol–water partition coefficient (Wildman–Crippen LogP) is 3.98. The lowest BCUT2D eigenvalue weighted by atomic mass is 9.97. The van der Waals surface area contributed by atoms with Crippen LogP contribution in [-0.4, -0.2) is 6.54 Å². The molecule has 1 aromatic heterocycles. The average Bonchev–Trinajstić information content (AvgIpc) is 2.52. The van der Waals surface area contributed by atoms with Crippen LogP contribution in [0, 0.1) is 19.8 Å². The molecule has 1 unspecified atom stereocenters. The van der Waals surface area contributed by atoms with Gasteiger partial charge in [-0.2, -0.15) is 0 Å². The maximum atomic E-state index is 5.62. The Hall–Kier alpha value is -0.760. The molecular weight excluding hydrogens is 198 g/mol. The third-order valence-electron chi connectivity index (χ3n) is 2.80. The highest BCUT2D eigenvalue weighted by Gasteiger charge is 2.17. The second kappa shape index (κ2) is 6.09. The fourth-order valence-electron chi connectivity index (χ4n) is 2.11. The van der Waals surface area contributed by atoms with Gasteiger partial charge in [-0.05, 0) is 45.2 Å². The first-order valence-electron chi connectivity index (χ1n) is 6.34. The molecule has 2 heteroatoms. The van der Waals surface area contributed by atoms with Crippen LogP contribution in [0.25, 0.3) is 0 Å². The maximum absolute atomic E-state index is 5.62. The molecule has 0 aliphatic carbocycles. The van der Waals surface area contributed by atoms with Crippen molar-refractivity contribution in [1.29, 1.82) is 0 Å². The van der Waals surface area contributed by atoms with Gasteiger partial charge in [0.1, 0.15) is 11.5 Å². The van der Waals surface area contributed by atoms with Gasteiger partial charge in [0, 0.05) is 11.6 Å². The Morgan fingerprint density at radius 3 is 2.44 bits per heavy atom. The highest BCUT2D eigenvalue weighted by molar-refractivity contribution is 5.24. The fraction of sp³-hybridized carbons (Fsp3) is 0.714. The summed E-state index contributed by atoms with van der Waals surface area (Å²) in [5.41, 5.74) is 1.33. The van der Waals surface area contributed by atoms with E-state index in [1.54, 1.807) is 0 Å². The van der Waals surface area contributed by atoms with Crippen molar-refractivity contribution in [2.75, 3.05) is 6.54 Å². The van der Waals surface area contributed by atoms with Crippen LogP contribution in [0.3, 0.4) is 0 Å². The summed E-state index contributed by atoms with van der Waals surface area (Å²) in [6.45, 7) is 11.9. The molecule has 0 amide bonds. The average molecular weight is 223 g/mol. The number of hydrogen-bond acceptors (Lipinski definition) is 2. The Bertz CT molecular complexity index is 315. The number of furan rings is 1. The second-order valence-electron chi connectivity index (χ2n) is 5.00. The van der Waals surface area contributed by atoms with Crippen molar-refractivity contribution in [3.8, 4) is 0 Å². The second-order valence-corrected chi connectivity index (χ2v) is 5.00. The van der Waals surface area contributed by atoms with Crippen molar-refractivity contribution >= 4 is 0 Å². The van der Waals surface area contributed by atoms with Crippen LogP contribution in [0.2, 0.25) is 0 Å². The van der Waals surface area contributed by atoms with E-state index in [4.69, 9.17) is 4.42 Å². The molecular formula is C14H25NO. The lowest BCUT2D eigenvalue weighted by molar-refractivity contribution is 0.420. The van der Waals surface area contributed by atoms with Crippen molar-refractivity contribution in [2.24, 2.45) is 5.92 Å². The van der Waals surface area contributed by atoms with Gasteiger partial charge in [-0.15, -0.1) is 0 Å². The third kappa shape index (κ3) is 3.67. The minimum absolute atomic E-state index is 0.442. The summed E-state index contributed by atoms with van der Waals surface area (Å²) in [5.74, 6) is 2.77. The standard InChI is InChI=1S/C14H25NO/c1-6-7-15-14(8-10(2)3)13-9-11(4)16-12(13)5/h9-10,14-15H,6-8H2,1-5H3. The van der Waals surface area contributed by atoms with Crippen LogP contribution >= 0.6 is 0 Å². The van der Waals surface area contributed by atoms with Gasteiger partial charge in [-0.3, -0.25) is 0 Å². The molecule has 16 heavy (non-hydrogen) atoms. The molecule has 0 bridgehead atoms. The summed E-state index contributed by atoms with van der Waals surface area (Å²) in [7, 11) is 0. The highest BCUT2D eigenvalue weighted by atomic mass is 16.3. The summed E-state index contributed by atoms with van der Waals surface area (Å²) in [4.78, 5) is 0. The molecule has 0 aliphatic rings. The summed E-state index contributed by atoms with van der Waals surface area (Å²) in [6, 6.07) is 2.61. The van der Waals surface area contributed by atoms with Gasteiger partial charge in [-0.1, -0.05) is 20.8 Å². The first-order valence-corrected chi connectivity index (χ1v) is 6.34. The van der Waals surface area contributed by atoms with E-state index in [1.807, 2.05) is 6.92 Å². The van der Waals surface area contributed by atoms with E-state index in [9.17, 15) is 0 Å². The smallest absolute Gasteiger partial charge is 0.105 e. The zero-order chi connectivity index (χ0) is 12.1. The number of aryl methyl sites for hydroxylation is 2. The van der Waals surface area contributed by atoms with Crippen LogP contribution in [0.1, 0.15) is 56.7 Å². The monoisotopic (exact) mass is 223 g/mol. The van der Waals surface area contributed by atoms with Crippen LogP contribution in [0.4, 0.5) is 0 Å². The largest absolute Gasteiger partial charge is 0.466 e. The van der Waals surface area contributed by atoms with Gasteiger partial charge in [0.25, 0.3) is 0 Å². The number of nitrogens with one attached hydrogen (secondary N) is 1. The Labute approximate surface area is 99.4 Å². The molecule has 0 aromatic carbocycles. The minimum atomic E-state index is 0.442.